The van der Waals surface area contributed by atoms with Crippen molar-refractivity contribution in [3.8, 4) is 0 Å². The van der Waals surface area contributed by atoms with Crippen LogP contribution in [0.4, 0.5) is 0 Å². The Labute approximate surface area is 227 Å². The molecule has 37 heavy (non-hydrogen) atoms. The zero-order chi connectivity index (χ0) is 26.8. The molecule has 9 fully saturated rings. The molecule has 8 heterocycles. The van der Waals surface area contributed by atoms with Crippen molar-refractivity contribution in [3.05, 3.63) is 0 Å². The standard InChI is InChI=1S/C29H48O6P2/c1-20-12-24(5)31-21(2,13-25(6,30-20)34-24)28(20,16-36)18-10-9-11-19(18)29(17-37)22(3)14-26(7)33-23(29,4)15-27(8,32-22)35-26/h18-19H,9-17,36-37H2,1-8H3. The van der Waals surface area contributed by atoms with Crippen molar-refractivity contribution in [3.63, 3.8) is 0 Å². The topological polar surface area (TPSA) is 55.4 Å². The van der Waals surface area contributed by atoms with Crippen LogP contribution in [0, 0.1) is 22.7 Å². The summed E-state index contributed by atoms with van der Waals surface area (Å²) in [5.74, 6) is -1.63. The molecule has 0 aromatic carbocycles. The van der Waals surface area contributed by atoms with Crippen LogP contribution in [0.1, 0.15) is 100 Å². The molecule has 0 amide bonds. The average Bonchev–Trinajstić information content (AvgIpc) is 3.11. The van der Waals surface area contributed by atoms with E-state index in [1.165, 1.54) is 19.3 Å². The normalized spacial score (nSPS) is 67.6. The first kappa shape index (κ1) is 26.5. The van der Waals surface area contributed by atoms with Gasteiger partial charge in [-0.05, 0) is 92.4 Å². The van der Waals surface area contributed by atoms with Gasteiger partial charge < -0.3 is 28.4 Å². The lowest BCUT2D eigenvalue weighted by Crippen LogP contribution is -2.86. The highest BCUT2D eigenvalue weighted by molar-refractivity contribution is 7.16. The third-order valence-corrected chi connectivity index (χ3v) is 13.8. The van der Waals surface area contributed by atoms with Gasteiger partial charge in [-0.25, -0.2) is 0 Å². The van der Waals surface area contributed by atoms with Gasteiger partial charge in [0.1, 0.15) is 0 Å². The van der Waals surface area contributed by atoms with Gasteiger partial charge in [0.25, 0.3) is 0 Å². The van der Waals surface area contributed by atoms with E-state index in [1.807, 2.05) is 0 Å². The van der Waals surface area contributed by atoms with Crippen LogP contribution in [0.15, 0.2) is 0 Å². The Balaban J connectivity index is 1.40. The van der Waals surface area contributed by atoms with E-state index >= 15 is 0 Å². The maximum atomic E-state index is 7.05. The molecule has 1 saturated carbocycles. The summed E-state index contributed by atoms with van der Waals surface area (Å²) in [5.41, 5.74) is -1.76. The van der Waals surface area contributed by atoms with E-state index in [2.05, 4.69) is 73.9 Å². The number of ether oxygens (including phenoxy) is 6. The Morgan fingerprint density at radius 1 is 0.486 bits per heavy atom. The Bertz CT molecular complexity index is 877. The molecular formula is C29H48O6P2. The van der Waals surface area contributed by atoms with Crippen LogP contribution in [-0.4, -0.2) is 57.9 Å². The highest BCUT2D eigenvalue weighted by Crippen LogP contribution is 2.77. The van der Waals surface area contributed by atoms with Gasteiger partial charge in [0.05, 0.1) is 22.4 Å². The second-order valence-corrected chi connectivity index (χ2v) is 16.1. The smallest absolute Gasteiger partial charge is 0.172 e. The maximum absolute atomic E-state index is 7.05. The fourth-order valence-corrected chi connectivity index (χ4v) is 15.1. The summed E-state index contributed by atoms with van der Waals surface area (Å²) in [6.45, 7) is 17.9. The summed E-state index contributed by atoms with van der Waals surface area (Å²) in [5, 5.41) is 0. The Morgan fingerprint density at radius 2 is 0.757 bits per heavy atom. The predicted molar refractivity (Wildman–Crippen MR) is 147 cm³/mol. The third kappa shape index (κ3) is 2.83. The summed E-state index contributed by atoms with van der Waals surface area (Å²) in [6, 6.07) is 0. The minimum absolute atomic E-state index is 0.173. The summed E-state index contributed by atoms with van der Waals surface area (Å²) < 4.78 is 41.1. The molecule has 12 unspecified atom stereocenters. The molecule has 12 atom stereocenters. The van der Waals surface area contributed by atoms with Crippen molar-refractivity contribution in [2.24, 2.45) is 22.7 Å². The molecule has 8 aliphatic heterocycles. The van der Waals surface area contributed by atoms with Gasteiger partial charge in [0.15, 0.2) is 23.1 Å². The molecule has 9 aliphatic rings. The Hall–Kier alpha value is 0.620. The van der Waals surface area contributed by atoms with Crippen LogP contribution in [0.3, 0.4) is 0 Å². The molecule has 1 aliphatic carbocycles. The lowest BCUT2D eigenvalue weighted by atomic mass is 9.42. The molecule has 8 saturated heterocycles. The molecule has 9 rings (SSSR count). The monoisotopic (exact) mass is 554 g/mol. The van der Waals surface area contributed by atoms with Crippen molar-refractivity contribution in [1.29, 1.82) is 0 Å². The fraction of sp³-hybridized carbons (Fsp3) is 1.00. The Kier molecular flexibility index (Phi) is 5.00. The van der Waals surface area contributed by atoms with Gasteiger partial charge >= 0.3 is 0 Å². The van der Waals surface area contributed by atoms with Crippen LogP contribution >= 0.6 is 18.5 Å². The first-order chi connectivity index (χ1) is 16.9. The van der Waals surface area contributed by atoms with Crippen LogP contribution < -0.4 is 0 Å². The van der Waals surface area contributed by atoms with E-state index in [-0.39, 0.29) is 33.2 Å². The SMILES string of the molecule is CC12CC3(C)OC(C)(CC(C)(O1)C3(CP)C1CCCC1C1(CP)C3(C)CC4(C)OC(C)(CC1(C)O4)O3)O2. The third-order valence-electron chi connectivity index (χ3n) is 12.5. The summed E-state index contributed by atoms with van der Waals surface area (Å²) >= 11 is 0. The minimum Gasteiger partial charge on any atom is -0.343 e. The van der Waals surface area contributed by atoms with Gasteiger partial charge in [0.2, 0.25) is 0 Å². The maximum Gasteiger partial charge on any atom is 0.172 e. The van der Waals surface area contributed by atoms with E-state index in [1.54, 1.807) is 0 Å². The van der Waals surface area contributed by atoms with Gasteiger partial charge in [-0.1, -0.05) is 6.42 Å². The van der Waals surface area contributed by atoms with Crippen molar-refractivity contribution < 1.29 is 28.4 Å². The Morgan fingerprint density at radius 3 is 1.00 bits per heavy atom. The summed E-state index contributed by atoms with van der Waals surface area (Å²) in [6.07, 6.45) is 8.45. The lowest BCUT2D eigenvalue weighted by Gasteiger charge is -2.79. The second kappa shape index (κ2) is 6.97. The van der Waals surface area contributed by atoms with E-state index in [0.29, 0.717) is 11.8 Å². The van der Waals surface area contributed by atoms with Crippen LogP contribution in [0.25, 0.3) is 0 Å². The molecular weight excluding hydrogens is 506 g/mol. The van der Waals surface area contributed by atoms with Crippen molar-refractivity contribution in [2.75, 3.05) is 12.3 Å². The van der Waals surface area contributed by atoms with E-state index in [4.69, 9.17) is 28.4 Å². The van der Waals surface area contributed by atoms with E-state index < -0.39 is 23.1 Å². The molecule has 0 N–H and O–H groups in total. The zero-order valence-electron chi connectivity index (χ0n) is 24.1. The zero-order valence-corrected chi connectivity index (χ0v) is 26.4. The first-order valence-electron chi connectivity index (χ1n) is 14.5. The van der Waals surface area contributed by atoms with E-state index in [0.717, 1.165) is 38.0 Å². The van der Waals surface area contributed by atoms with Crippen molar-refractivity contribution in [1.82, 2.24) is 0 Å². The fourth-order valence-electron chi connectivity index (χ4n) is 12.8. The summed E-state index contributed by atoms with van der Waals surface area (Å²) in [4.78, 5) is 0. The van der Waals surface area contributed by atoms with Crippen LogP contribution in [0.5, 0.6) is 0 Å². The molecule has 0 aromatic heterocycles. The first-order valence-corrected chi connectivity index (χ1v) is 16.2. The molecule has 0 radical (unpaired) electrons. The molecule has 8 bridgehead atoms. The number of hydrogen-bond acceptors (Lipinski definition) is 6. The minimum atomic E-state index is -0.613. The van der Waals surface area contributed by atoms with Gasteiger partial charge in [0, 0.05) is 36.5 Å². The van der Waals surface area contributed by atoms with Crippen LogP contribution in [-0.2, 0) is 28.4 Å². The predicted octanol–water partition coefficient (Wildman–Crippen LogP) is 5.77. The summed E-state index contributed by atoms with van der Waals surface area (Å²) in [7, 11) is 6.29. The molecule has 0 spiro atoms. The quantitative estimate of drug-likeness (QED) is 0.412. The molecule has 6 nitrogen and oxygen atoms in total. The largest absolute Gasteiger partial charge is 0.343 e. The molecule has 0 aromatic rings. The van der Waals surface area contributed by atoms with Gasteiger partial charge in [-0.2, -0.15) is 0 Å². The second-order valence-electron chi connectivity index (χ2n) is 15.3. The molecule has 210 valence electrons. The van der Waals surface area contributed by atoms with E-state index in [9.17, 15) is 0 Å². The highest BCUT2D eigenvalue weighted by Gasteiger charge is 2.83. The van der Waals surface area contributed by atoms with Crippen LogP contribution in [0.2, 0.25) is 0 Å². The number of rotatable bonds is 4. The van der Waals surface area contributed by atoms with Gasteiger partial charge in [-0.15, -0.1) is 18.5 Å². The number of hydrogen-bond donors (Lipinski definition) is 0. The van der Waals surface area contributed by atoms with Crippen molar-refractivity contribution >= 4 is 18.5 Å². The van der Waals surface area contributed by atoms with Crippen molar-refractivity contribution in [2.45, 2.75) is 146 Å². The highest BCUT2D eigenvalue weighted by atomic mass is 31.0. The lowest BCUT2D eigenvalue weighted by molar-refractivity contribution is -0.559. The molecule has 8 heteroatoms. The van der Waals surface area contributed by atoms with Gasteiger partial charge in [-0.3, -0.25) is 0 Å². The average molecular weight is 555 g/mol.